The fourth-order valence-electron chi connectivity index (χ4n) is 4.06. The summed E-state index contributed by atoms with van der Waals surface area (Å²) in [7, 11) is 0. The molecule has 34 heavy (non-hydrogen) atoms. The van der Waals surface area contributed by atoms with Crippen LogP contribution in [0.1, 0.15) is 0 Å². The molecule has 15 atom stereocenters. The Morgan fingerprint density at radius 3 is 1.35 bits per heavy atom. The smallest absolute Gasteiger partial charge is 0.187 e. The maximum Gasteiger partial charge on any atom is 0.187 e. The lowest BCUT2D eigenvalue weighted by Crippen LogP contribution is -2.66. The lowest BCUT2D eigenvalue weighted by molar-refractivity contribution is -0.377. The molecule has 3 rings (SSSR count). The van der Waals surface area contributed by atoms with Gasteiger partial charge in [-0.25, -0.2) is 0 Å². The predicted octanol–water partition coefficient (Wildman–Crippen LogP) is -7.57. The molecule has 0 aromatic rings. The Hall–Kier alpha value is -0.640. The Morgan fingerprint density at radius 2 is 0.853 bits per heavy atom. The van der Waals surface area contributed by atoms with Crippen LogP contribution in [-0.4, -0.2) is 168 Å². The molecule has 3 fully saturated rings. The topological polar surface area (TPSA) is 269 Å². The molecule has 0 aromatic heterocycles. The van der Waals surface area contributed by atoms with Crippen molar-refractivity contribution in [2.75, 3.05) is 19.8 Å². The van der Waals surface area contributed by atoms with E-state index in [4.69, 9.17) is 23.7 Å². The van der Waals surface area contributed by atoms with E-state index in [-0.39, 0.29) is 0 Å². The van der Waals surface area contributed by atoms with Crippen LogP contribution in [0, 0.1) is 0 Å². The molecule has 0 spiro atoms. The number of rotatable bonds is 7. The van der Waals surface area contributed by atoms with Crippen LogP contribution in [0.15, 0.2) is 0 Å². The van der Waals surface area contributed by atoms with Crippen LogP contribution in [-0.2, 0) is 23.7 Å². The zero-order valence-electron chi connectivity index (χ0n) is 17.7. The summed E-state index contributed by atoms with van der Waals surface area (Å²) in [5.41, 5.74) is 0. The van der Waals surface area contributed by atoms with Crippen LogP contribution in [0.4, 0.5) is 0 Å². The molecule has 6 unspecified atom stereocenters. The van der Waals surface area contributed by atoms with E-state index in [1.54, 1.807) is 0 Å². The third-order valence-electron chi connectivity index (χ3n) is 6.09. The van der Waals surface area contributed by atoms with Gasteiger partial charge in [0.25, 0.3) is 0 Å². The standard InChI is InChI=1S/C18H32O16/c19-1-4-7(22)8(23)12(27)17(31-4)34-15-6(3-21)32-18(13(28)10(15)25)33-14-5(2-20)30-16(29)11(26)9(14)24/h4-29H,1-3H2/t4?,5?,6?,7-,8?,9?,10?,11-,12-,13-,14+,15-,16+,17+,18-/m0/s1. The van der Waals surface area contributed by atoms with Gasteiger partial charge in [0, 0.05) is 0 Å². The molecule has 0 aliphatic carbocycles. The molecule has 0 radical (unpaired) electrons. The van der Waals surface area contributed by atoms with E-state index in [0.29, 0.717) is 0 Å². The second-order valence-corrected chi connectivity index (χ2v) is 8.33. The highest BCUT2D eigenvalue weighted by Gasteiger charge is 2.53. The molecule has 3 aliphatic rings. The third-order valence-corrected chi connectivity index (χ3v) is 6.09. The number of hydrogen-bond donors (Lipinski definition) is 11. The summed E-state index contributed by atoms with van der Waals surface area (Å²) >= 11 is 0. The van der Waals surface area contributed by atoms with Crippen molar-refractivity contribution in [1.29, 1.82) is 0 Å². The van der Waals surface area contributed by atoms with Gasteiger partial charge in [-0.05, 0) is 0 Å². The fourth-order valence-corrected chi connectivity index (χ4v) is 4.06. The second-order valence-electron chi connectivity index (χ2n) is 8.33. The van der Waals surface area contributed by atoms with Crippen LogP contribution in [0.3, 0.4) is 0 Å². The summed E-state index contributed by atoms with van der Waals surface area (Å²) in [6.45, 7) is -2.32. The molecule has 0 amide bonds. The highest BCUT2D eigenvalue weighted by Crippen LogP contribution is 2.32. The van der Waals surface area contributed by atoms with E-state index in [1.165, 1.54) is 0 Å². The fraction of sp³-hybridized carbons (Fsp3) is 1.00. The summed E-state index contributed by atoms with van der Waals surface area (Å²) in [6, 6.07) is 0. The molecule has 3 aliphatic heterocycles. The van der Waals surface area contributed by atoms with E-state index in [1.807, 2.05) is 0 Å². The van der Waals surface area contributed by atoms with Gasteiger partial charge in [-0.1, -0.05) is 0 Å². The maximum atomic E-state index is 10.6. The minimum Gasteiger partial charge on any atom is -0.394 e. The zero-order chi connectivity index (χ0) is 25.3. The van der Waals surface area contributed by atoms with Crippen LogP contribution < -0.4 is 0 Å². The summed E-state index contributed by atoms with van der Waals surface area (Å²) < 4.78 is 26.4. The van der Waals surface area contributed by atoms with Gasteiger partial charge in [-0.15, -0.1) is 0 Å². The lowest BCUT2D eigenvalue weighted by Gasteiger charge is -2.47. The van der Waals surface area contributed by atoms with Crippen LogP contribution in [0.2, 0.25) is 0 Å². The summed E-state index contributed by atoms with van der Waals surface area (Å²) in [6.07, 6.45) is -25.1. The highest BCUT2D eigenvalue weighted by molar-refractivity contribution is 4.96. The summed E-state index contributed by atoms with van der Waals surface area (Å²) in [4.78, 5) is 0. The first-order valence-electron chi connectivity index (χ1n) is 10.6. The molecule has 3 saturated heterocycles. The van der Waals surface area contributed by atoms with Gasteiger partial charge in [0.05, 0.1) is 19.8 Å². The Balaban J connectivity index is 1.72. The lowest BCUT2D eigenvalue weighted by atomic mass is 9.96. The zero-order valence-corrected chi connectivity index (χ0v) is 17.7. The Labute approximate surface area is 192 Å². The Bertz CT molecular complexity index is 635. The minimum atomic E-state index is -1.91. The normalized spacial score (nSPS) is 52.5. The van der Waals surface area contributed by atoms with Crippen molar-refractivity contribution in [2.45, 2.75) is 92.1 Å². The first-order chi connectivity index (χ1) is 16.0. The third kappa shape index (κ3) is 5.37. The van der Waals surface area contributed by atoms with E-state index in [2.05, 4.69) is 0 Å². The van der Waals surface area contributed by atoms with Gasteiger partial charge >= 0.3 is 0 Å². The summed E-state index contributed by atoms with van der Waals surface area (Å²) in [5, 5.41) is 109. The first kappa shape index (κ1) is 27.9. The van der Waals surface area contributed by atoms with Gasteiger partial charge in [0.15, 0.2) is 18.9 Å². The highest BCUT2D eigenvalue weighted by atomic mass is 16.8. The Morgan fingerprint density at radius 1 is 0.441 bits per heavy atom. The van der Waals surface area contributed by atoms with Gasteiger partial charge in [-0.3, -0.25) is 0 Å². The number of ether oxygens (including phenoxy) is 5. The largest absolute Gasteiger partial charge is 0.394 e. The molecule has 16 heteroatoms. The van der Waals surface area contributed by atoms with E-state index < -0.39 is 112 Å². The van der Waals surface area contributed by atoms with Crippen molar-refractivity contribution >= 4 is 0 Å². The minimum absolute atomic E-state index is 0.741. The van der Waals surface area contributed by atoms with Crippen molar-refractivity contribution in [3.05, 3.63) is 0 Å². The summed E-state index contributed by atoms with van der Waals surface area (Å²) in [5.74, 6) is 0. The second kappa shape index (κ2) is 11.6. The van der Waals surface area contributed by atoms with Gasteiger partial charge in [0.1, 0.15) is 73.2 Å². The average Bonchev–Trinajstić information content (AvgIpc) is 2.83. The van der Waals surface area contributed by atoms with Crippen molar-refractivity contribution in [1.82, 2.24) is 0 Å². The molecule has 16 nitrogen and oxygen atoms in total. The van der Waals surface area contributed by atoms with Gasteiger partial charge in [0.2, 0.25) is 0 Å². The maximum absolute atomic E-state index is 10.6. The average molecular weight is 504 g/mol. The SMILES string of the molecule is OCC1O[C@H](O[C@H]2C(CO)O[C@@H](O[C@@H]3C(CO)O[C@@H](O)[C@@H](O)C3O)[C@@H](O)C2O)[C@@H](O)C(O)[C@H]1O. The first-order valence-corrected chi connectivity index (χ1v) is 10.6. The molecular formula is C18H32O16. The van der Waals surface area contributed by atoms with E-state index in [9.17, 15) is 56.2 Å². The van der Waals surface area contributed by atoms with Crippen LogP contribution >= 0.6 is 0 Å². The molecule has 0 bridgehead atoms. The van der Waals surface area contributed by atoms with E-state index >= 15 is 0 Å². The van der Waals surface area contributed by atoms with Gasteiger partial charge < -0.3 is 79.9 Å². The van der Waals surface area contributed by atoms with Crippen molar-refractivity contribution < 1.29 is 79.9 Å². The molecular weight excluding hydrogens is 472 g/mol. The van der Waals surface area contributed by atoms with Crippen molar-refractivity contribution in [2.24, 2.45) is 0 Å². The van der Waals surface area contributed by atoms with Gasteiger partial charge in [-0.2, -0.15) is 0 Å². The molecule has 0 aromatic carbocycles. The molecule has 0 saturated carbocycles. The number of hydrogen-bond acceptors (Lipinski definition) is 16. The molecule has 3 heterocycles. The quantitative estimate of drug-likeness (QED) is 0.154. The van der Waals surface area contributed by atoms with Crippen molar-refractivity contribution in [3.8, 4) is 0 Å². The van der Waals surface area contributed by atoms with E-state index in [0.717, 1.165) is 0 Å². The molecule has 200 valence electrons. The predicted molar refractivity (Wildman–Crippen MR) is 101 cm³/mol. The number of aliphatic hydroxyl groups is 11. The Kier molecular flexibility index (Phi) is 9.54. The monoisotopic (exact) mass is 504 g/mol. The van der Waals surface area contributed by atoms with Crippen LogP contribution in [0.5, 0.6) is 0 Å². The van der Waals surface area contributed by atoms with Crippen LogP contribution in [0.25, 0.3) is 0 Å². The van der Waals surface area contributed by atoms with Crippen molar-refractivity contribution in [3.63, 3.8) is 0 Å². The number of aliphatic hydroxyl groups excluding tert-OH is 11. The molecule has 11 N–H and O–H groups in total.